The maximum Gasteiger partial charge on any atom is 0.342 e. The van der Waals surface area contributed by atoms with E-state index in [2.05, 4.69) is 5.10 Å². The number of nitrogens with zero attached hydrogens (tertiary/aromatic N) is 2. The predicted molar refractivity (Wildman–Crippen MR) is 59.0 cm³/mol. The molecule has 1 aromatic rings. The van der Waals surface area contributed by atoms with Gasteiger partial charge in [0.15, 0.2) is 5.38 Å². The number of imide groups is 1. The fourth-order valence-electron chi connectivity index (χ4n) is 1.40. The molecule has 1 aliphatic rings. The number of primary amides is 1. The molecule has 0 bridgehead atoms. The Morgan fingerprint density at radius 1 is 1.38 bits per heavy atom. The van der Waals surface area contributed by atoms with Crippen LogP contribution in [-0.2, 0) is 4.79 Å². The van der Waals surface area contributed by atoms with Gasteiger partial charge in [0, 0.05) is 0 Å². The van der Waals surface area contributed by atoms with Crippen molar-refractivity contribution in [2.45, 2.75) is 5.38 Å². The normalized spacial score (nSPS) is 19.8. The predicted octanol–water partition coefficient (Wildman–Crippen LogP) is 0.919. The van der Waals surface area contributed by atoms with Crippen molar-refractivity contribution in [2.24, 2.45) is 10.8 Å². The molecule has 16 heavy (non-hydrogen) atoms. The lowest BCUT2D eigenvalue weighted by molar-refractivity contribution is -0.125. The molecule has 1 aromatic carbocycles. The molecule has 2 N–H and O–H groups in total. The first-order chi connectivity index (χ1) is 7.61. The van der Waals surface area contributed by atoms with Crippen molar-refractivity contribution in [2.75, 3.05) is 0 Å². The Morgan fingerprint density at radius 3 is 2.50 bits per heavy atom. The van der Waals surface area contributed by atoms with E-state index in [4.69, 9.17) is 17.3 Å². The first kappa shape index (κ1) is 10.6. The highest BCUT2D eigenvalue weighted by Crippen LogP contribution is 2.19. The zero-order valence-electron chi connectivity index (χ0n) is 8.13. The molecule has 3 amide bonds. The topological polar surface area (TPSA) is 75.8 Å². The highest BCUT2D eigenvalue weighted by Gasteiger charge is 2.37. The van der Waals surface area contributed by atoms with Crippen LogP contribution in [0, 0.1) is 0 Å². The lowest BCUT2D eigenvalue weighted by Gasteiger charge is -2.04. The number of amides is 3. The van der Waals surface area contributed by atoms with Gasteiger partial charge in [-0.15, -0.1) is 16.6 Å². The molecule has 5 nitrogen and oxygen atoms in total. The maximum atomic E-state index is 11.5. The number of urea groups is 1. The van der Waals surface area contributed by atoms with Gasteiger partial charge in [-0.3, -0.25) is 4.79 Å². The summed E-state index contributed by atoms with van der Waals surface area (Å²) < 4.78 is 0. The van der Waals surface area contributed by atoms with Crippen molar-refractivity contribution in [3.8, 4) is 0 Å². The number of rotatable bonds is 1. The van der Waals surface area contributed by atoms with Crippen LogP contribution < -0.4 is 5.73 Å². The van der Waals surface area contributed by atoms with Gasteiger partial charge in [0.2, 0.25) is 0 Å². The van der Waals surface area contributed by atoms with E-state index in [-0.39, 0.29) is 0 Å². The van der Waals surface area contributed by atoms with Crippen LogP contribution in [0.15, 0.2) is 35.4 Å². The number of halogens is 1. The molecule has 0 spiro atoms. The van der Waals surface area contributed by atoms with E-state index >= 15 is 0 Å². The average Bonchev–Trinajstić information content (AvgIpc) is 2.58. The van der Waals surface area contributed by atoms with Crippen LogP contribution in [-0.4, -0.2) is 28.0 Å². The summed E-state index contributed by atoms with van der Waals surface area (Å²) >= 11 is 5.87. The van der Waals surface area contributed by atoms with Gasteiger partial charge in [-0.2, -0.15) is 5.10 Å². The number of nitrogens with two attached hydrogens (primary N) is 1. The Balaban J connectivity index is 2.40. The lowest BCUT2D eigenvalue weighted by atomic mass is 10.1. The summed E-state index contributed by atoms with van der Waals surface area (Å²) in [5.74, 6) is -0.618. The minimum Gasteiger partial charge on any atom is -0.350 e. The quantitative estimate of drug-likeness (QED) is 0.738. The molecule has 0 aliphatic carbocycles. The first-order valence-corrected chi connectivity index (χ1v) is 4.96. The molecular formula is C10H8ClN3O2. The number of carbonyl (C=O) groups excluding carboxylic acids is 2. The second-order valence-electron chi connectivity index (χ2n) is 3.20. The number of hydrogen-bond donors (Lipinski definition) is 1. The lowest BCUT2D eigenvalue weighted by Crippen LogP contribution is -2.36. The summed E-state index contributed by atoms with van der Waals surface area (Å²) in [6.07, 6.45) is 0. The minimum atomic E-state index is -0.963. The molecule has 1 atom stereocenters. The summed E-state index contributed by atoms with van der Waals surface area (Å²) in [5.41, 5.74) is 6.02. The van der Waals surface area contributed by atoms with Gasteiger partial charge in [0.1, 0.15) is 0 Å². The highest BCUT2D eigenvalue weighted by molar-refractivity contribution is 6.47. The first-order valence-electron chi connectivity index (χ1n) is 4.52. The molecule has 1 unspecified atom stereocenters. The largest absolute Gasteiger partial charge is 0.350 e. The fraction of sp³-hybridized carbons (Fsp3) is 0.100. The Kier molecular flexibility index (Phi) is 2.62. The third-order valence-corrected chi connectivity index (χ3v) is 2.55. The van der Waals surface area contributed by atoms with Gasteiger partial charge in [-0.25, -0.2) is 4.79 Å². The van der Waals surface area contributed by atoms with Gasteiger partial charge in [-0.1, -0.05) is 30.3 Å². The van der Waals surface area contributed by atoms with Crippen LogP contribution in [0.25, 0.3) is 0 Å². The van der Waals surface area contributed by atoms with E-state index in [1.165, 1.54) is 0 Å². The van der Waals surface area contributed by atoms with E-state index in [9.17, 15) is 9.59 Å². The van der Waals surface area contributed by atoms with E-state index in [1.54, 1.807) is 24.3 Å². The van der Waals surface area contributed by atoms with Gasteiger partial charge in [0.05, 0.1) is 5.71 Å². The van der Waals surface area contributed by atoms with Crippen LogP contribution in [0.5, 0.6) is 0 Å². The van der Waals surface area contributed by atoms with E-state index in [0.717, 1.165) is 0 Å². The Morgan fingerprint density at radius 2 is 2.00 bits per heavy atom. The van der Waals surface area contributed by atoms with Crippen molar-refractivity contribution in [3.63, 3.8) is 0 Å². The number of benzene rings is 1. The summed E-state index contributed by atoms with van der Waals surface area (Å²) in [7, 11) is 0. The van der Waals surface area contributed by atoms with Gasteiger partial charge >= 0.3 is 6.03 Å². The molecule has 1 aliphatic heterocycles. The smallest absolute Gasteiger partial charge is 0.342 e. The second-order valence-corrected chi connectivity index (χ2v) is 3.64. The summed E-state index contributed by atoms with van der Waals surface area (Å²) in [5, 5.41) is 3.43. The Hall–Kier alpha value is -1.88. The van der Waals surface area contributed by atoms with Crippen molar-refractivity contribution in [3.05, 3.63) is 35.9 Å². The number of carbonyl (C=O) groups is 2. The van der Waals surface area contributed by atoms with Crippen LogP contribution in [0.3, 0.4) is 0 Å². The van der Waals surface area contributed by atoms with Crippen LogP contribution in [0.1, 0.15) is 5.56 Å². The van der Waals surface area contributed by atoms with E-state index < -0.39 is 17.3 Å². The van der Waals surface area contributed by atoms with Crippen molar-refractivity contribution in [1.29, 1.82) is 0 Å². The maximum absolute atomic E-state index is 11.5. The minimum absolute atomic E-state index is 0.339. The van der Waals surface area contributed by atoms with Crippen molar-refractivity contribution >= 4 is 29.3 Å². The third kappa shape index (κ3) is 1.65. The standard InChI is InChI=1S/C10H8ClN3O2/c11-7-8(6-4-2-1-3-5-6)13-14(9(7)15)10(12)16/h1-5,7H,(H2,12,16). The molecule has 6 heteroatoms. The van der Waals surface area contributed by atoms with Crippen LogP contribution in [0.2, 0.25) is 0 Å². The van der Waals surface area contributed by atoms with Gasteiger partial charge < -0.3 is 5.73 Å². The van der Waals surface area contributed by atoms with Crippen LogP contribution in [0.4, 0.5) is 4.79 Å². The second kappa shape index (κ2) is 3.94. The SMILES string of the molecule is NC(=O)N1N=C(c2ccccc2)C(Cl)C1=O. The molecule has 0 saturated heterocycles. The van der Waals surface area contributed by atoms with Crippen LogP contribution >= 0.6 is 11.6 Å². The van der Waals surface area contributed by atoms with Gasteiger partial charge in [-0.05, 0) is 5.56 Å². The molecule has 82 valence electrons. The molecule has 0 saturated carbocycles. The van der Waals surface area contributed by atoms with Crippen molar-refractivity contribution < 1.29 is 9.59 Å². The number of alkyl halides is 1. The highest BCUT2D eigenvalue weighted by atomic mass is 35.5. The Labute approximate surface area is 96.5 Å². The average molecular weight is 238 g/mol. The molecule has 1 heterocycles. The van der Waals surface area contributed by atoms with Gasteiger partial charge in [0.25, 0.3) is 5.91 Å². The molecule has 0 radical (unpaired) electrons. The zero-order valence-corrected chi connectivity index (χ0v) is 8.89. The fourth-order valence-corrected chi connectivity index (χ4v) is 1.66. The molecule has 0 aromatic heterocycles. The van der Waals surface area contributed by atoms with Crippen molar-refractivity contribution in [1.82, 2.24) is 5.01 Å². The molecule has 0 fully saturated rings. The third-order valence-electron chi connectivity index (χ3n) is 2.15. The van der Waals surface area contributed by atoms with E-state index in [1.807, 2.05) is 6.07 Å². The Bertz CT molecular complexity index is 472. The monoisotopic (exact) mass is 237 g/mol. The van der Waals surface area contributed by atoms with E-state index in [0.29, 0.717) is 16.3 Å². The zero-order chi connectivity index (χ0) is 11.7. The summed E-state index contributed by atoms with van der Waals surface area (Å²) in [6.45, 7) is 0. The molecular weight excluding hydrogens is 230 g/mol. The molecule has 2 rings (SSSR count). The summed E-state index contributed by atoms with van der Waals surface area (Å²) in [6, 6.07) is 7.99. The summed E-state index contributed by atoms with van der Waals surface area (Å²) in [4.78, 5) is 22.4. The number of hydrogen-bond acceptors (Lipinski definition) is 3. The number of hydrazone groups is 1.